The van der Waals surface area contributed by atoms with Crippen LogP contribution < -0.4 is 10.1 Å². The third kappa shape index (κ3) is 13.6. The summed E-state index contributed by atoms with van der Waals surface area (Å²) in [5.74, 6) is -5.03. The highest BCUT2D eigenvalue weighted by Gasteiger charge is 2.58. The van der Waals surface area contributed by atoms with E-state index in [9.17, 15) is 53.0 Å². The first-order valence-electron chi connectivity index (χ1n) is 17.9. The van der Waals surface area contributed by atoms with Gasteiger partial charge >= 0.3 is 39.1 Å². The van der Waals surface area contributed by atoms with Gasteiger partial charge in [-0.15, -0.1) is 0 Å². The first-order chi connectivity index (χ1) is 26.3. The maximum atomic E-state index is 15.9. The van der Waals surface area contributed by atoms with Crippen LogP contribution in [0.25, 0.3) is 0 Å². The Kier molecular flexibility index (Phi) is 17.3. The average molecular weight is 833 g/mol. The molecule has 1 fully saturated rings. The zero-order valence-corrected chi connectivity index (χ0v) is 32.5. The molecule has 2 aromatic carbocycles. The van der Waals surface area contributed by atoms with Gasteiger partial charge in [-0.3, -0.25) is 23.5 Å². The predicted octanol–water partition coefficient (Wildman–Crippen LogP) is 4.86. The van der Waals surface area contributed by atoms with Crippen LogP contribution in [0.3, 0.4) is 0 Å². The van der Waals surface area contributed by atoms with Crippen molar-refractivity contribution in [2.75, 3.05) is 19.7 Å². The standard InChI is InChI=1S/C36H48F2N2O14P2/c1-2-52-32(42)13-8-3-4-9-24-40-28(17-21-31(40)41)16-20-30(36(37,38)27-11-6-5-7-12-27)54-33(43)25-26-14-18-29(19-15-26)53-34(44)39-23-10-22-35(45,55(46,47)48)56(49,50)51/h5-7,11-12,14-16,18-20,28,30,45H,2-4,8-10,13,17,21-25H2,1H3,(H,39,44)(H2,46,47,48)(H2,49,50,51)/t28-,30+/m0/s1. The van der Waals surface area contributed by atoms with Crippen molar-refractivity contribution in [3.05, 3.63) is 77.9 Å². The molecule has 0 spiro atoms. The van der Waals surface area contributed by atoms with E-state index in [2.05, 4.69) is 5.32 Å². The second-order valence-corrected chi connectivity index (χ2v) is 17.1. The van der Waals surface area contributed by atoms with Crippen LogP contribution >= 0.6 is 15.2 Å². The Morgan fingerprint density at radius 2 is 1.59 bits per heavy atom. The topological polar surface area (TPSA) is 247 Å². The van der Waals surface area contributed by atoms with Crippen LogP contribution in [0.5, 0.6) is 5.75 Å². The number of likely N-dealkylation sites (tertiary alicyclic amines) is 1. The van der Waals surface area contributed by atoms with E-state index in [4.69, 9.17) is 14.2 Å². The molecule has 6 N–H and O–H groups in total. The summed E-state index contributed by atoms with van der Waals surface area (Å²) in [7, 11) is -11.3. The summed E-state index contributed by atoms with van der Waals surface area (Å²) < 4.78 is 70.0. The number of carbonyl (C=O) groups is 4. The highest BCUT2D eigenvalue weighted by Crippen LogP contribution is 2.69. The summed E-state index contributed by atoms with van der Waals surface area (Å²) in [6.07, 6.45) is 1.35. The molecule has 56 heavy (non-hydrogen) atoms. The van der Waals surface area contributed by atoms with Crippen LogP contribution in [-0.4, -0.2) is 90.4 Å². The molecule has 0 unspecified atom stereocenters. The van der Waals surface area contributed by atoms with E-state index in [1.165, 1.54) is 54.6 Å². The van der Waals surface area contributed by atoms with E-state index >= 15 is 8.78 Å². The maximum Gasteiger partial charge on any atom is 0.412 e. The van der Waals surface area contributed by atoms with E-state index in [-0.39, 0.29) is 36.2 Å². The van der Waals surface area contributed by atoms with Crippen LogP contribution in [-0.2, 0) is 45.3 Å². The normalized spacial score (nSPS) is 15.8. The number of aliphatic hydroxyl groups is 1. The average Bonchev–Trinajstić information content (AvgIpc) is 3.48. The van der Waals surface area contributed by atoms with Gasteiger partial charge < -0.3 is 49.1 Å². The SMILES string of the molecule is CCOC(=O)CCCCCCN1C(=O)CC[C@@H]1C=C[C@@H](OC(=O)Cc1ccc(OC(=O)NCCCC(O)(P(=O)(O)O)P(=O)(O)O)cc1)C(F)(F)c1ccccc1. The quantitative estimate of drug-likeness (QED) is 0.0402. The third-order valence-electron chi connectivity index (χ3n) is 8.87. The van der Waals surface area contributed by atoms with Gasteiger partial charge in [0.1, 0.15) is 5.75 Å². The van der Waals surface area contributed by atoms with E-state index in [1.54, 1.807) is 17.9 Å². The Labute approximate surface area is 322 Å². The highest BCUT2D eigenvalue weighted by molar-refractivity contribution is 7.72. The summed E-state index contributed by atoms with van der Waals surface area (Å²) in [6.45, 7) is 2.07. The number of carbonyl (C=O) groups excluding carboxylic acids is 4. The number of nitrogens with one attached hydrogen (secondary N) is 1. The molecular weight excluding hydrogens is 784 g/mol. The second-order valence-electron chi connectivity index (χ2n) is 13.0. The molecule has 0 bridgehead atoms. The molecule has 0 radical (unpaired) electrons. The van der Waals surface area contributed by atoms with Gasteiger partial charge in [0.25, 0.3) is 5.08 Å². The van der Waals surface area contributed by atoms with E-state index in [0.717, 1.165) is 18.9 Å². The third-order valence-corrected chi connectivity index (χ3v) is 12.7. The number of rotatable bonds is 22. The number of hydrogen-bond acceptors (Lipinski definition) is 10. The summed E-state index contributed by atoms with van der Waals surface area (Å²) >= 11 is 0. The van der Waals surface area contributed by atoms with Gasteiger partial charge in [-0.05, 0) is 56.4 Å². The van der Waals surface area contributed by atoms with Gasteiger partial charge in [0.15, 0.2) is 6.10 Å². The second kappa shape index (κ2) is 20.9. The number of hydrogen-bond donors (Lipinski definition) is 6. The number of esters is 2. The largest absolute Gasteiger partial charge is 0.466 e. The van der Waals surface area contributed by atoms with Crippen LogP contribution in [0.15, 0.2) is 66.7 Å². The summed E-state index contributed by atoms with van der Waals surface area (Å²) in [5.41, 5.74) is -0.0684. The molecule has 2 amide bonds. The number of amides is 2. The number of halogens is 2. The van der Waals surface area contributed by atoms with Gasteiger partial charge in [-0.2, -0.15) is 8.78 Å². The van der Waals surface area contributed by atoms with Gasteiger partial charge in [0.2, 0.25) is 5.91 Å². The number of alkyl halides is 2. The molecule has 1 aliphatic rings. The lowest BCUT2D eigenvalue weighted by molar-refractivity contribution is -0.167. The van der Waals surface area contributed by atoms with Gasteiger partial charge in [0, 0.05) is 37.9 Å². The van der Waals surface area contributed by atoms with Crippen LogP contribution in [0.2, 0.25) is 0 Å². The van der Waals surface area contributed by atoms with Crippen molar-refractivity contribution in [2.45, 2.75) is 94.3 Å². The minimum Gasteiger partial charge on any atom is -0.466 e. The van der Waals surface area contributed by atoms with Crippen LogP contribution in [0.1, 0.15) is 75.8 Å². The smallest absolute Gasteiger partial charge is 0.412 e. The Morgan fingerprint density at radius 3 is 2.21 bits per heavy atom. The predicted molar refractivity (Wildman–Crippen MR) is 196 cm³/mol. The number of benzene rings is 2. The molecule has 1 heterocycles. The minimum absolute atomic E-state index is 0.0229. The molecule has 3 rings (SSSR count). The fourth-order valence-corrected chi connectivity index (χ4v) is 8.07. The molecule has 310 valence electrons. The summed E-state index contributed by atoms with van der Waals surface area (Å²) in [5, 5.41) is 8.48. The lowest BCUT2D eigenvalue weighted by atomic mass is 10.0. The lowest BCUT2D eigenvalue weighted by Crippen LogP contribution is -2.36. The van der Waals surface area contributed by atoms with Crippen LogP contribution in [0, 0.1) is 0 Å². The van der Waals surface area contributed by atoms with E-state index in [0.29, 0.717) is 44.4 Å². The van der Waals surface area contributed by atoms with Crippen molar-refractivity contribution >= 4 is 39.1 Å². The molecule has 16 nitrogen and oxygen atoms in total. The first-order valence-corrected chi connectivity index (χ1v) is 21.2. The molecular formula is C36H48F2N2O14P2. The molecule has 20 heteroatoms. The monoisotopic (exact) mass is 832 g/mol. The van der Waals surface area contributed by atoms with Crippen molar-refractivity contribution < 1.29 is 76.0 Å². The number of ether oxygens (including phenoxy) is 3. The van der Waals surface area contributed by atoms with Crippen molar-refractivity contribution in [1.82, 2.24) is 10.2 Å². The maximum absolute atomic E-state index is 15.9. The molecule has 0 aromatic heterocycles. The Balaban J connectivity index is 1.59. The summed E-state index contributed by atoms with van der Waals surface area (Å²) in [6, 6.07) is 11.7. The van der Waals surface area contributed by atoms with Gasteiger partial charge in [-0.25, -0.2) is 4.79 Å². The zero-order valence-electron chi connectivity index (χ0n) is 30.7. The highest BCUT2D eigenvalue weighted by atomic mass is 31.2. The summed E-state index contributed by atoms with van der Waals surface area (Å²) in [4.78, 5) is 87.8. The van der Waals surface area contributed by atoms with Crippen molar-refractivity contribution in [3.8, 4) is 5.75 Å². The molecule has 0 aliphatic carbocycles. The van der Waals surface area contributed by atoms with Crippen molar-refractivity contribution in [1.29, 1.82) is 0 Å². The number of unbranched alkanes of at least 4 members (excludes halogenated alkanes) is 3. The molecule has 1 aliphatic heterocycles. The Bertz CT molecular complexity index is 1730. The minimum atomic E-state index is -5.64. The van der Waals surface area contributed by atoms with Crippen LogP contribution in [0.4, 0.5) is 13.6 Å². The Hall–Kier alpha value is -4.02. The first kappa shape index (κ1) is 46.4. The zero-order chi connectivity index (χ0) is 41.6. The Morgan fingerprint density at radius 1 is 0.946 bits per heavy atom. The van der Waals surface area contributed by atoms with Crippen molar-refractivity contribution in [2.24, 2.45) is 0 Å². The fraction of sp³-hybridized carbons (Fsp3) is 0.500. The van der Waals surface area contributed by atoms with Crippen molar-refractivity contribution in [3.63, 3.8) is 0 Å². The fourth-order valence-electron chi connectivity index (χ4n) is 5.82. The van der Waals surface area contributed by atoms with Gasteiger partial charge in [0.05, 0.1) is 19.1 Å². The molecule has 2 aromatic rings. The molecule has 2 atom stereocenters. The van der Waals surface area contributed by atoms with Gasteiger partial charge in [-0.1, -0.05) is 61.4 Å². The van der Waals surface area contributed by atoms with E-state index in [1.807, 2.05) is 0 Å². The molecule has 0 saturated carbocycles. The number of nitrogens with zero attached hydrogens (tertiary/aromatic N) is 1. The lowest BCUT2D eigenvalue weighted by Gasteiger charge is -2.29. The molecule has 1 saturated heterocycles. The van der Waals surface area contributed by atoms with E-state index < -0.39 is 69.7 Å².